The van der Waals surface area contributed by atoms with E-state index in [0.717, 1.165) is 30.6 Å². The largest absolute Gasteiger partial charge is 0.247 e. The fourth-order valence-corrected chi connectivity index (χ4v) is 7.47. The molecule has 182 valence electrons. The summed E-state index contributed by atoms with van der Waals surface area (Å²) >= 11 is 0. The number of hydrogen-bond donors (Lipinski definition) is 0. The number of hydrogen-bond acceptors (Lipinski definition) is 0. The lowest BCUT2D eigenvalue weighted by Crippen LogP contribution is -2.42. The molecule has 0 saturated heterocycles. The fraction of sp³-hybridized carbons (Fsp3) is 1.00. The van der Waals surface area contributed by atoms with Crippen molar-refractivity contribution in [2.45, 2.75) is 130 Å². The minimum atomic E-state index is -1.39. The highest BCUT2D eigenvalue weighted by molar-refractivity contribution is 4.93. The molecule has 31 heavy (non-hydrogen) atoms. The molecule has 8 unspecified atom stereocenters. The summed E-state index contributed by atoms with van der Waals surface area (Å²) in [5, 5.41) is 0. The van der Waals surface area contributed by atoms with Gasteiger partial charge in [-0.05, 0) is 98.7 Å². The van der Waals surface area contributed by atoms with Crippen LogP contribution in [0.25, 0.3) is 0 Å². The van der Waals surface area contributed by atoms with Crippen LogP contribution in [0.3, 0.4) is 0 Å². The Labute approximate surface area is 190 Å². The Morgan fingerprint density at radius 2 is 1.42 bits per heavy atom. The molecule has 0 aromatic rings. The highest BCUT2D eigenvalue weighted by Crippen LogP contribution is 2.48. The van der Waals surface area contributed by atoms with Crippen LogP contribution in [0, 0.1) is 47.3 Å². The number of unbranched alkanes of at least 4 members (excludes halogenated alkanes) is 1. The second-order valence-electron chi connectivity index (χ2n) is 12.1. The van der Waals surface area contributed by atoms with Gasteiger partial charge in [-0.3, -0.25) is 0 Å². The lowest BCUT2D eigenvalue weighted by atomic mass is 9.63. The molecular weight excluding hydrogens is 393 g/mol. The summed E-state index contributed by atoms with van der Waals surface area (Å²) in [6, 6.07) is 0. The summed E-state index contributed by atoms with van der Waals surface area (Å²) in [4.78, 5) is 0. The van der Waals surface area contributed by atoms with Gasteiger partial charge in [-0.1, -0.05) is 59.8 Å². The van der Waals surface area contributed by atoms with E-state index >= 15 is 4.39 Å². The Morgan fingerprint density at radius 1 is 0.774 bits per heavy atom. The molecule has 0 bridgehead atoms. The van der Waals surface area contributed by atoms with Gasteiger partial charge in [-0.2, -0.15) is 0 Å². The van der Waals surface area contributed by atoms with Crippen molar-refractivity contribution in [1.29, 1.82) is 0 Å². The second-order valence-corrected chi connectivity index (χ2v) is 12.1. The molecule has 3 heteroatoms. The summed E-state index contributed by atoms with van der Waals surface area (Å²) in [6.07, 6.45) is 10.7. The molecule has 8 atom stereocenters. The van der Waals surface area contributed by atoms with Crippen molar-refractivity contribution in [3.05, 3.63) is 0 Å². The Morgan fingerprint density at radius 3 is 2.00 bits per heavy atom. The number of alkyl halides is 3. The van der Waals surface area contributed by atoms with E-state index in [4.69, 9.17) is 0 Å². The van der Waals surface area contributed by atoms with Crippen LogP contribution in [0.4, 0.5) is 13.2 Å². The molecule has 0 radical (unpaired) electrons. The van der Waals surface area contributed by atoms with Crippen molar-refractivity contribution in [3.63, 3.8) is 0 Å². The van der Waals surface area contributed by atoms with Crippen LogP contribution in [0.15, 0.2) is 0 Å². The summed E-state index contributed by atoms with van der Waals surface area (Å²) in [5.41, 5.74) is 0. The molecule has 0 aromatic carbocycles. The number of rotatable bonds is 8. The third kappa shape index (κ3) is 6.66. The van der Waals surface area contributed by atoms with Gasteiger partial charge in [0.2, 0.25) is 0 Å². The minimum Gasteiger partial charge on any atom is -0.247 e. The third-order valence-electron chi connectivity index (χ3n) is 9.63. The van der Waals surface area contributed by atoms with Crippen molar-refractivity contribution >= 4 is 0 Å². The predicted octanol–water partition coefficient (Wildman–Crippen LogP) is 9.12. The topological polar surface area (TPSA) is 0 Å². The molecule has 3 aliphatic rings. The van der Waals surface area contributed by atoms with Gasteiger partial charge < -0.3 is 0 Å². The van der Waals surface area contributed by atoms with Gasteiger partial charge >= 0.3 is 0 Å². The number of halogens is 3. The van der Waals surface area contributed by atoms with Crippen molar-refractivity contribution in [1.82, 2.24) is 0 Å². The van der Waals surface area contributed by atoms with Crippen molar-refractivity contribution < 1.29 is 13.2 Å². The molecule has 0 spiro atoms. The lowest BCUT2D eigenvalue weighted by molar-refractivity contribution is -0.0148. The second kappa shape index (κ2) is 11.8. The van der Waals surface area contributed by atoms with Gasteiger partial charge in [0, 0.05) is 0 Å². The smallest absolute Gasteiger partial charge is 0.134 e. The SMILES string of the molecule is CCCCC(CC1CCC(C2CCC(C3CC(C)C(F)C(F)C3)C(F)C2)CC1)C(C)C. The van der Waals surface area contributed by atoms with Crippen LogP contribution in [-0.2, 0) is 0 Å². The Hall–Kier alpha value is -0.210. The van der Waals surface area contributed by atoms with Crippen LogP contribution in [0.2, 0.25) is 0 Å². The molecule has 0 nitrogen and oxygen atoms in total. The fourth-order valence-electron chi connectivity index (χ4n) is 7.47. The van der Waals surface area contributed by atoms with E-state index in [1.165, 1.54) is 51.4 Å². The highest BCUT2D eigenvalue weighted by Gasteiger charge is 2.44. The van der Waals surface area contributed by atoms with Crippen molar-refractivity contribution in [2.24, 2.45) is 47.3 Å². The molecule has 0 heterocycles. The highest BCUT2D eigenvalue weighted by atomic mass is 19.2. The molecular formula is C28H49F3. The maximum absolute atomic E-state index is 15.2. The first-order valence-corrected chi connectivity index (χ1v) is 13.7. The lowest BCUT2D eigenvalue weighted by Gasteiger charge is -2.44. The van der Waals surface area contributed by atoms with E-state index in [2.05, 4.69) is 20.8 Å². The van der Waals surface area contributed by atoms with E-state index in [1.807, 2.05) is 0 Å². The first-order chi connectivity index (χ1) is 14.8. The van der Waals surface area contributed by atoms with Crippen molar-refractivity contribution in [2.75, 3.05) is 0 Å². The minimum absolute atomic E-state index is 0.0360. The van der Waals surface area contributed by atoms with E-state index in [1.54, 1.807) is 6.92 Å². The van der Waals surface area contributed by atoms with Crippen LogP contribution < -0.4 is 0 Å². The van der Waals surface area contributed by atoms with Crippen LogP contribution in [0.1, 0.15) is 111 Å². The van der Waals surface area contributed by atoms with Crippen LogP contribution in [-0.4, -0.2) is 18.5 Å². The summed E-state index contributed by atoms with van der Waals surface area (Å²) in [5.74, 6) is 3.48. The molecule has 3 rings (SSSR count). The Bertz CT molecular complexity index is 500. The zero-order chi connectivity index (χ0) is 22.5. The van der Waals surface area contributed by atoms with Gasteiger partial charge in [0.1, 0.15) is 18.5 Å². The van der Waals surface area contributed by atoms with Crippen LogP contribution in [0.5, 0.6) is 0 Å². The van der Waals surface area contributed by atoms with Gasteiger partial charge in [-0.25, -0.2) is 13.2 Å². The van der Waals surface area contributed by atoms with Crippen molar-refractivity contribution in [3.8, 4) is 0 Å². The van der Waals surface area contributed by atoms with Gasteiger partial charge in [0.15, 0.2) is 0 Å². The average molecular weight is 443 g/mol. The Balaban J connectivity index is 1.44. The zero-order valence-corrected chi connectivity index (χ0v) is 20.7. The molecule has 0 aromatic heterocycles. The monoisotopic (exact) mass is 442 g/mol. The average Bonchev–Trinajstić information content (AvgIpc) is 2.74. The molecule has 3 fully saturated rings. The standard InChI is InChI=1S/C28H49F3/c1-5-6-7-22(18(2)3)15-20-8-10-21(11-9-20)23-12-13-25(26(29)16-23)24-14-19(4)28(31)27(30)17-24/h18-28H,5-17H2,1-4H3. The maximum atomic E-state index is 15.2. The summed E-state index contributed by atoms with van der Waals surface area (Å²) < 4.78 is 43.2. The van der Waals surface area contributed by atoms with Gasteiger partial charge in [-0.15, -0.1) is 0 Å². The van der Waals surface area contributed by atoms with E-state index < -0.39 is 18.5 Å². The van der Waals surface area contributed by atoms with Gasteiger partial charge in [0.25, 0.3) is 0 Å². The summed E-state index contributed by atoms with van der Waals surface area (Å²) in [6.45, 7) is 8.86. The Kier molecular flexibility index (Phi) is 9.65. The quantitative estimate of drug-likeness (QED) is 0.351. The molecule has 3 saturated carbocycles. The van der Waals surface area contributed by atoms with E-state index in [0.29, 0.717) is 24.7 Å². The van der Waals surface area contributed by atoms with Crippen LogP contribution >= 0.6 is 0 Å². The van der Waals surface area contributed by atoms with E-state index in [9.17, 15) is 8.78 Å². The molecule has 0 amide bonds. The first-order valence-electron chi connectivity index (χ1n) is 13.7. The summed E-state index contributed by atoms with van der Waals surface area (Å²) in [7, 11) is 0. The molecule has 3 aliphatic carbocycles. The maximum Gasteiger partial charge on any atom is 0.134 e. The zero-order valence-electron chi connectivity index (χ0n) is 20.7. The third-order valence-corrected chi connectivity index (χ3v) is 9.63. The first kappa shape index (κ1) is 25.4. The normalized spacial score (nSPS) is 43.2. The predicted molar refractivity (Wildman–Crippen MR) is 125 cm³/mol. The van der Waals surface area contributed by atoms with E-state index in [-0.39, 0.29) is 24.2 Å². The molecule has 0 aliphatic heterocycles. The molecule has 0 N–H and O–H groups in total. The van der Waals surface area contributed by atoms with Gasteiger partial charge in [0.05, 0.1) is 0 Å².